The van der Waals surface area contributed by atoms with Crippen LogP contribution in [-0.2, 0) is 4.79 Å². The predicted octanol–water partition coefficient (Wildman–Crippen LogP) is -0.138. The molecule has 0 spiro atoms. The van der Waals surface area contributed by atoms with Crippen molar-refractivity contribution in [3.63, 3.8) is 0 Å². The summed E-state index contributed by atoms with van der Waals surface area (Å²) in [4.78, 5) is 8.89. The molecule has 0 heterocycles. The van der Waals surface area contributed by atoms with Crippen LogP contribution in [-0.4, -0.2) is 43.7 Å². The van der Waals surface area contributed by atoms with Gasteiger partial charge >= 0.3 is 37.7 Å². The normalized spacial score (nSPS) is 6.64. The van der Waals surface area contributed by atoms with Crippen LogP contribution in [0.15, 0.2) is 30.3 Å². The minimum Gasteiger partial charge on any atom is -0.550 e. The van der Waals surface area contributed by atoms with E-state index in [0.717, 1.165) is 6.92 Å². The standard InChI is InChI=1S/C6H5.C2H4O2.Ca/c1-2-4-6-5-3-1;1-2(3)4;/h1-5H;1H3,(H,3,4);/q-1;;+2/p-1. The molecular weight excluding hydrogens is 168 g/mol. The average Bonchev–Trinajstić information content (AvgIpc) is 1.90. The Kier molecular flexibility index (Phi) is 12.2. The quantitative estimate of drug-likeness (QED) is 0.408. The molecule has 0 aliphatic heterocycles. The maximum Gasteiger partial charge on any atom is 2.00 e. The van der Waals surface area contributed by atoms with Gasteiger partial charge in [-0.25, -0.2) is 0 Å². The van der Waals surface area contributed by atoms with Crippen LogP contribution in [0.5, 0.6) is 0 Å². The second kappa shape index (κ2) is 9.95. The second-order valence-corrected chi connectivity index (χ2v) is 1.57. The van der Waals surface area contributed by atoms with E-state index in [1.807, 2.05) is 30.3 Å². The predicted molar refractivity (Wildman–Crippen MR) is 41.7 cm³/mol. The number of hydrogen-bond donors (Lipinski definition) is 0. The largest absolute Gasteiger partial charge is 2.00 e. The summed E-state index contributed by atoms with van der Waals surface area (Å²) >= 11 is 0. The molecule has 0 amide bonds. The van der Waals surface area contributed by atoms with Crippen molar-refractivity contribution in [3.8, 4) is 0 Å². The van der Waals surface area contributed by atoms with Gasteiger partial charge in [-0.2, -0.15) is 36.4 Å². The van der Waals surface area contributed by atoms with Gasteiger partial charge in [0.25, 0.3) is 0 Å². The minimum absolute atomic E-state index is 0. The van der Waals surface area contributed by atoms with Crippen LogP contribution >= 0.6 is 0 Å². The summed E-state index contributed by atoms with van der Waals surface area (Å²) in [5, 5.41) is 8.89. The molecule has 0 aliphatic rings. The fourth-order valence-electron chi connectivity index (χ4n) is 0.342. The number of rotatable bonds is 0. The van der Waals surface area contributed by atoms with Crippen LogP contribution in [0.2, 0.25) is 0 Å². The van der Waals surface area contributed by atoms with E-state index in [0.29, 0.717) is 0 Å². The van der Waals surface area contributed by atoms with Gasteiger partial charge in [-0.05, 0) is 6.92 Å². The average molecular weight is 176 g/mol. The van der Waals surface area contributed by atoms with E-state index in [1.54, 1.807) is 0 Å². The first-order valence-corrected chi connectivity index (χ1v) is 2.82. The minimum atomic E-state index is -1.08. The summed E-state index contributed by atoms with van der Waals surface area (Å²) in [6.07, 6.45) is 0. The Hall–Kier alpha value is -0.0503. The zero-order valence-electron chi connectivity index (χ0n) is 6.41. The molecule has 0 saturated carbocycles. The number of carboxylic acids is 1. The Labute approximate surface area is 96.2 Å². The molecule has 3 heteroatoms. The number of aliphatic carboxylic acids is 1. The molecule has 0 unspecified atom stereocenters. The summed E-state index contributed by atoms with van der Waals surface area (Å²) in [7, 11) is 0. The molecule has 1 aromatic carbocycles. The van der Waals surface area contributed by atoms with E-state index in [4.69, 9.17) is 9.90 Å². The second-order valence-electron chi connectivity index (χ2n) is 1.57. The van der Waals surface area contributed by atoms with Gasteiger partial charge in [-0.3, -0.25) is 0 Å². The molecule has 0 aromatic heterocycles. The van der Waals surface area contributed by atoms with Gasteiger partial charge in [0.1, 0.15) is 0 Å². The molecule has 0 saturated heterocycles. The third-order valence-electron chi connectivity index (χ3n) is 0.607. The number of benzene rings is 1. The fraction of sp³-hybridized carbons (Fsp3) is 0.125. The molecule has 0 bridgehead atoms. The van der Waals surface area contributed by atoms with Crippen molar-refractivity contribution < 1.29 is 9.90 Å². The summed E-state index contributed by atoms with van der Waals surface area (Å²) in [5.74, 6) is -1.08. The smallest absolute Gasteiger partial charge is 0.550 e. The Balaban J connectivity index is 0. The van der Waals surface area contributed by atoms with Crippen molar-refractivity contribution >= 4 is 43.7 Å². The van der Waals surface area contributed by atoms with Crippen molar-refractivity contribution in [1.29, 1.82) is 0 Å². The zero-order chi connectivity index (χ0) is 7.82. The summed E-state index contributed by atoms with van der Waals surface area (Å²) in [6.45, 7) is 0.972. The van der Waals surface area contributed by atoms with Crippen LogP contribution in [0, 0.1) is 6.07 Å². The third kappa shape index (κ3) is 17.8. The Bertz CT molecular complexity index is 144. The van der Waals surface area contributed by atoms with Crippen LogP contribution < -0.4 is 5.11 Å². The van der Waals surface area contributed by atoms with Crippen molar-refractivity contribution in [2.24, 2.45) is 0 Å². The Morgan fingerprint density at radius 3 is 1.73 bits per heavy atom. The van der Waals surface area contributed by atoms with Crippen molar-refractivity contribution in [2.45, 2.75) is 6.92 Å². The molecule has 0 aliphatic carbocycles. The van der Waals surface area contributed by atoms with Crippen molar-refractivity contribution in [2.75, 3.05) is 0 Å². The first-order chi connectivity index (χ1) is 4.73. The Morgan fingerprint density at radius 2 is 1.64 bits per heavy atom. The van der Waals surface area contributed by atoms with Crippen LogP contribution in [0.3, 0.4) is 0 Å². The Morgan fingerprint density at radius 1 is 1.27 bits per heavy atom. The summed E-state index contributed by atoms with van der Waals surface area (Å²) < 4.78 is 0. The molecule has 0 radical (unpaired) electrons. The van der Waals surface area contributed by atoms with E-state index >= 15 is 0 Å². The molecule has 0 fully saturated rings. The van der Waals surface area contributed by atoms with Crippen LogP contribution in [0.1, 0.15) is 6.92 Å². The zero-order valence-corrected chi connectivity index (χ0v) is 8.62. The van der Waals surface area contributed by atoms with E-state index in [1.165, 1.54) is 0 Å². The van der Waals surface area contributed by atoms with Gasteiger partial charge in [-0.15, -0.1) is 0 Å². The van der Waals surface area contributed by atoms with Gasteiger partial charge in [0, 0.05) is 5.97 Å². The first-order valence-electron chi connectivity index (χ1n) is 2.82. The van der Waals surface area contributed by atoms with Crippen molar-refractivity contribution in [3.05, 3.63) is 36.4 Å². The number of carboxylic acid groups (broad SMARTS) is 1. The van der Waals surface area contributed by atoms with Gasteiger partial charge in [0.05, 0.1) is 0 Å². The van der Waals surface area contributed by atoms with E-state index < -0.39 is 5.97 Å². The summed E-state index contributed by atoms with van der Waals surface area (Å²) in [6, 6.07) is 12.5. The summed E-state index contributed by atoms with van der Waals surface area (Å²) in [5.41, 5.74) is 0. The van der Waals surface area contributed by atoms with Gasteiger partial charge in [0.2, 0.25) is 0 Å². The molecule has 1 rings (SSSR count). The fourth-order valence-corrected chi connectivity index (χ4v) is 0.342. The molecule has 54 valence electrons. The molecule has 1 aromatic rings. The maximum absolute atomic E-state index is 8.89. The number of carbonyl (C=O) groups excluding carboxylic acids is 1. The third-order valence-corrected chi connectivity index (χ3v) is 0.607. The van der Waals surface area contributed by atoms with Crippen LogP contribution in [0.4, 0.5) is 0 Å². The first kappa shape index (κ1) is 13.5. The topological polar surface area (TPSA) is 40.1 Å². The van der Waals surface area contributed by atoms with E-state index in [2.05, 4.69) is 6.07 Å². The molecule has 0 atom stereocenters. The molecule has 0 N–H and O–H groups in total. The molecule has 2 nitrogen and oxygen atoms in total. The van der Waals surface area contributed by atoms with Gasteiger partial charge < -0.3 is 9.90 Å². The van der Waals surface area contributed by atoms with E-state index in [-0.39, 0.29) is 37.7 Å². The van der Waals surface area contributed by atoms with Crippen molar-refractivity contribution in [1.82, 2.24) is 0 Å². The SMILES string of the molecule is CC(=O)[O-].[Ca+2].[c-]1ccccc1. The van der Waals surface area contributed by atoms with Crippen LogP contribution in [0.25, 0.3) is 0 Å². The maximum atomic E-state index is 8.89. The van der Waals surface area contributed by atoms with E-state index in [9.17, 15) is 0 Å². The van der Waals surface area contributed by atoms with Gasteiger partial charge in [-0.1, -0.05) is 0 Å². The van der Waals surface area contributed by atoms with Gasteiger partial charge in [0.15, 0.2) is 0 Å². The number of hydrogen-bond acceptors (Lipinski definition) is 2. The number of carbonyl (C=O) groups is 1. The molecular formula is C8H8CaO2. The molecule has 11 heavy (non-hydrogen) atoms. The monoisotopic (exact) mass is 176 g/mol.